The van der Waals surface area contributed by atoms with Gasteiger partial charge in [-0.05, 0) is 48.2 Å². The van der Waals surface area contributed by atoms with Gasteiger partial charge in [-0.3, -0.25) is 0 Å². The summed E-state index contributed by atoms with van der Waals surface area (Å²) in [5, 5.41) is 3.50. The van der Waals surface area contributed by atoms with Gasteiger partial charge in [0.25, 0.3) is 0 Å². The quantitative estimate of drug-likeness (QED) is 0.166. The number of fused-ring (bicyclic) bond motifs is 3. The molecule has 4 nitrogen and oxygen atoms in total. The van der Waals surface area contributed by atoms with Crippen molar-refractivity contribution in [2.45, 2.75) is 13.8 Å². The first-order valence-corrected chi connectivity index (χ1v) is 17.6. The second-order valence-corrected chi connectivity index (χ2v) is 13.3. The topological polar surface area (TPSA) is 51.6 Å². The van der Waals surface area contributed by atoms with Crippen LogP contribution in [0.5, 0.6) is 0 Å². The summed E-state index contributed by atoms with van der Waals surface area (Å²) < 4.78 is 0. The third kappa shape index (κ3) is 5.91. The van der Waals surface area contributed by atoms with Crippen LogP contribution in [-0.4, -0.2) is 19.9 Å². The van der Waals surface area contributed by atoms with E-state index >= 15 is 0 Å². The summed E-state index contributed by atoms with van der Waals surface area (Å²) in [5.74, 6) is 1.96. The van der Waals surface area contributed by atoms with Crippen LogP contribution in [-0.2, 0) is 0 Å². The highest BCUT2D eigenvalue weighted by molar-refractivity contribution is 6.17. The van der Waals surface area contributed by atoms with Crippen molar-refractivity contribution in [3.8, 4) is 67.7 Å². The van der Waals surface area contributed by atoms with Gasteiger partial charge in [-0.1, -0.05) is 169 Å². The summed E-state index contributed by atoms with van der Waals surface area (Å²) in [6.45, 7) is 4.17. The molecule has 0 N–H and O–H groups in total. The Balaban J connectivity index is 1.12. The number of pyridine rings is 1. The van der Waals surface area contributed by atoms with E-state index in [2.05, 4.69) is 178 Å². The first-order valence-electron chi connectivity index (χ1n) is 17.6. The van der Waals surface area contributed by atoms with Crippen molar-refractivity contribution in [3.63, 3.8) is 0 Å². The third-order valence-electron chi connectivity index (χ3n) is 9.68. The number of rotatable bonds is 6. The predicted molar refractivity (Wildman–Crippen MR) is 215 cm³/mol. The molecule has 7 aromatic carbocycles. The fraction of sp³-hybridized carbons (Fsp3) is 0.0417. The molecule has 0 aliphatic heterocycles. The SMILES string of the molecule is Cc1ccc(-c2nc(-c3ccc(C)cc3)nc(-c3ccc(-c4cccc(-c5cccc6c(-c7ccccc7)nc7ccccc7c56)c4)cc3)n2)cc1. The van der Waals surface area contributed by atoms with Gasteiger partial charge >= 0.3 is 0 Å². The molecule has 52 heavy (non-hydrogen) atoms. The van der Waals surface area contributed by atoms with Crippen molar-refractivity contribution in [2.75, 3.05) is 0 Å². The standard InChI is InChI=1S/C48H34N4/c1-31-18-22-35(23-19-31)46-50-47(36-24-20-32(2)21-25-36)52-48(51-46)37-28-26-33(27-29-37)38-12-8-13-39(30-38)40-15-9-16-42-44(40)41-14-6-7-17-43(41)49-45(42)34-10-4-3-5-11-34/h3-30H,1-2H3. The highest BCUT2D eigenvalue weighted by Gasteiger charge is 2.16. The molecule has 0 atom stereocenters. The molecule has 0 saturated carbocycles. The zero-order valence-electron chi connectivity index (χ0n) is 29.0. The number of hydrogen-bond donors (Lipinski definition) is 0. The molecule has 0 unspecified atom stereocenters. The van der Waals surface area contributed by atoms with Crippen LogP contribution in [0.2, 0.25) is 0 Å². The molecule has 2 heterocycles. The summed E-state index contributed by atoms with van der Waals surface area (Å²) in [5.41, 5.74) is 12.9. The number of benzene rings is 7. The normalized spacial score (nSPS) is 11.3. The van der Waals surface area contributed by atoms with E-state index in [1.54, 1.807) is 0 Å². The Morgan fingerprint density at radius 2 is 0.808 bits per heavy atom. The van der Waals surface area contributed by atoms with Crippen molar-refractivity contribution in [1.82, 2.24) is 19.9 Å². The zero-order chi connectivity index (χ0) is 35.0. The minimum absolute atomic E-state index is 0.645. The summed E-state index contributed by atoms with van der Waals surface area (Å²) in [4.78, 5) is 20.0. The van der Waals surface area contributed by atoms with Crippen molar-refractivity contribution in [3.05, 3.63) is 181 Å². The van der Waals surface area contributed by atoms with Crippen molar-refractivity contribution in [1.29, 1.82) is 0 Å². The molecule has 0 spiro atoms. The number of para-hydroxylation sites is 1. The highest BCUT2D eigenvalue weighted by Crippen LogP contribution is 2.39. The number of aryl methyl sites for hydroxylation is 2. The zero-order valence-corrected chi connectivity index (χ0v) is 29.0. The number of nitrogens with zero attached hydrogens (tertiary/aromatic N) is 4. The van der Waals surface area contributed by atoms with E-state index < -0.39 is 0 Å². The first kappa shape index (κ1) is 31.2. The molecule has 0 saturated heterocycles. The Kier molecular flexibility index (Phi) is 7.90. The molecule has 0 bridgehead atoms. The molecule has 2 aromatic heterocycles. The lowest BCUT2D eigenvalue weighted by molar-refractivity contribution is 1.07. The van der Waals surface area contributed by atoms with Crippen molar-refractivity contribution < 1.29 is 0 Å². The fourth-order valence-corrected chi connectivity index (χ4v) is 6.91. The van der Waals surface area contributed by atoms with Crippen LogP contribution < -0.4 is 0 Å². The minimum atomic E-state index is 0.645. The van der Waals surface area contributed by atoms with Gasteiger partial charge in [0.05, 0.1) is 11.2 Å². The molecule has 9 aromatic rings. The molecule has 9 rings (SSSR count). The van der Waals surface area contributed by atoms with Crippen LogP contribution in [0, 0.1) is 13.8 Å². The Labute approximate surface area is 303 Å². The molecule has 0 fully saturated rings. The maximum Gasteiger partial charge on any atom is 0.164 e. The van der Waals surface area contributed by atoms with E-state index in [1.165, 1.54) is 22.1 Å². The van der Waals surface area contributed by atoms with Gasteiger partial charge in [0.15, 0.2) is 17.5 Å². The average Bonchev–Trinajstić information content (AvgIpc) is 3.21. The largest absolute Gasteiger partial charge is 0.247 e. The summed E-state index contributed by atoms with van der Waals surface area (Å²) in [6.07, 6.45) is 0. The Bertz CT molecular complexity index is 2650. The Morgan fingerprint density at radius 3 is 1.44 bits per heavy atom. The number of hydrogen-bond acceptors (Lipinski definition) is 4. The molecule has 0 radical (unpaired) electrons. The van der Waals surface area contributed by atoms with Crippen LogP contribution in [0.1, 0.15) is 11.1 Å². The lowest BCUT2D eigenvalue weighted by atomic mass is 9.91. The van der Waals surface area contributed by atoms with E-state index in [4.69, 9.17) is 19.9 Å². The number of aromatic nitrogens is 4. The van der Waals surface area contributed by atoms with Crippen LogP contribution in [0.4, 0.5) is 0 Å². The van der Waals surface area contributed by atoms with Crippen LogP contribution >= 0.6 is 0 Å². The second kappa shape index (κ2) is 13.2. The average molecular weight is 667 g/mol. The van der Waals surface area contributed by atoms with E-state index in [9.17, 15) is 0 Å². The smallest absolute Gasteiger partial charge is 0.164 e. The lowest BCUT2D eigenvalue weighted by Gasteiger charge is -2.15. The lowest BCUT2D eigenvalue weighted by Crippen LogP contribution is -2.00. The van der Waals surface area contributed by atoms with Crippen molar-refractivity contribution in [2.24, 2.45) is 0 Å². The van der Waals surface area contributed by atoms with Crippen molar-refractivity contribution >= 4 is 21.7 Å². The van der Waals surface area contributed by atoms with Gasteiger partial charge in [-0.15, -0.1) is 0 Å². The van der Waals surface area contributed by atoms with Gasteiger partial charge in [-0.25, -0.2) is 19.9 Å². The van der Waals surface area contributed by atoms with Crippen LogP contribution in [0.3, 0.4) is 0 Å². The van der Waals surface area contributed by atoms with E-state index in [0.717, 1.165) is 60.9 Å². The molecule has 0 amide bonds. The third-order valence-corrected chi connectivity index (χ3v) is 9.68. The fourth-order valence-electron chi connectivity index (χ4n) is 6.91. The monoisotopic (exact) mass is 666 g/mol. The molecule has 4 heteroatoms. The highest BCUT2D eigenvalue weighted by atomic mass is 15.0. The molecular formula is C48H34N4. The summed E-state index contributed by atoms with van der Waals surface area (Å²) in [6, 6.07) is 59.5. The summed E-state index contributed by atoms with van der Waals surface area (Å²) >= 11 is 0. The Morgan fingerprint density at radius 1 is 0.327 bits per heavy atom. The maximum atomic E-state index is 5.14. The van der Waals surface area contributed by atoms with Gasteiger partial charge in [0, 0.05) is 38.4 Å². The molecule has 0 aliphatic rings. The second-order valence-electron chi connectivity index (χ2n) is 13.3. The van der Waals surface area contributed by atoms with Crippen LogP contribution in [0.15, 0.2) is 170 Å². The minimum Gasteiger partial charge on any atom is -0.247 e. The van der Waals surface area contributed by atoms with E-state index in [1.807, 2.05) is 6.07 Å². The van der Waals surface area contributed by atoms with E-state index in [-0.39, 0.29) is 0 Å². The molecule has 246 valence electrons. The van der Waals surface area contributed by atoms with Crippen LogP contribution in [0.25, 0.3) is 89.4 Å². The predicted octanol–water partition coefficient (Wildman–Crippen LogP) is 12.2. The molecule has 0 aliphatic carbocycles. The molecular weight excluding hydrogens is 633 g/mol. The van der Waals surface area contributed by atoms with Gasteiger partial charge in [-0.2, -0.15) is 0 Å². The van der Waals surface area contributed by atoms with Gasteiger partial charge in [0.1, 0.15) is 0 Å². The summed E-state index contributed by atoms with van der Waals surface area (Å²) in [7, 11) is 0. The first-order chi connectivity index (χ1) is 25.6. The Hall–Kier alpha value is -6.78. The maximum absolute atomic E-state index is 5.14. The van der Waals surface area contributed by atoms with E-state index in [0.29, 0.717) is 17.5 Å². The van der Waals surface area contributed by atoms with Gasteiger partial charge in [0.2, 0.25) is 0 Å². The van der Waals surface area contributed by atoms with Gasteiger partial charge < -0.3 is 0 Å².